The highest BCUT2D eigenvalue weighted by Crippen LogP contribution is 2.59. The maximum Gasteiger partial charge on any atom is 0.255 e. The van der Waals surface area contributed by atoms with Gasteiger partial charge in [-0.05, 0) is 55.2 Å². The van der Waals surface area contributed by atoms with Gasteiger partial charge in [0.05, 0.1) is 17.7 Å². The number of nitrogens with one attached hydrogen (secondary N) is 1. The van der Waals surface area contributed by atoms with E-state index in [9.17, 15) is 9.90 Å². The summed E-state index contributed by atoms with van der Waals surface area (Å²) in [4.78, 5) is 19.6. The van der Waals surface area contributed by atoms with Crippen molar-refractivity contribution in [1.29, 1.82) is 5.26 Å². The summed E-state index contributed by atoms with van der Waals surface area (Å²) in [6.45, 7) is 2.98. The second kappa shape index (κ2) is 8.77. The van der Waals surface area contributed by atoms with Crippen molar-refractivity contribution in [3.8, 4) is 17.2 Å². The number of hydrogen-bond donors (Lipinski definition) is 3. The maximum atomic E-state index is 12.9. The van der Waals surface area contributed by atoms with Crippen molar-refractivity contribution < 1.29 is 9.90 Å². The quantitative estimate of drug-likeness (QED) is 0.630. The number of nitrogen functional groups attached to an aromatic ring is 1. The average Bonchev–Trinajstić information content (AvgIpc) is 3.40. The first kappa shape index (κ1) is 21.9. The fourth-order valence-electron chi connectivity index (χ4n) is 5.71. The Morgan fingerprint density at radius 3 is 2.73 bits per heavy atom. The summed E-state index contributed by atoms with van der Waals surface area (Å²) >= 11 is 0. The number of aliphatic hydroxyl groups is 1. The van der Waals surface area contributed by atoms with Crippen LogP contribution >= 0.6 is 0 Å². The Balaban J connectivity index is 1.28. The summed E-state index contributed by atoms with van der Waals surface area (Å²) in [5.41, 5.74) is 9.91. The number of fused-ring (bicyclic) bond motifs is 1. The van der Waals surface area contributed by atoms with E-state index in [2.05, 4.69) is 45.5 Å². The summed E-state index contributed by atoms with van der Waals surface area (Å²) in [5.74, 6) is 0.714. The van der Waals surface area contributed by atoms with Crippen LogP contribution in [0.4, 0.5) is 5.82 Å². The van der Waals surface area contributed by atoms with Gasteiger partial charge < -0.3 is 21.1 Å². The van der Waals surface area contributed by atoms with E-state index in [0.717, 1.165) is 43.6 Å². The molecule has 2 atom stereocenters. The van der Waals surface area contributed by atoms with Crippen molar-refractivity contribution in [2.24, 2.45) is 5.92 Å². The lowest BCUT2D eigenvalue weighted by molar-refractivity contribution is 0.0868. The van der Waals surface area contributed by atoms with Crippen LogP contribution in [0.3, 0.4) is 0 Å². The number of carbonyl (C=O) groups is 1. The topological polar surface area (TPSA) is 115 Å². The smallest absolute Gasteiger partial charge is 0.255 e. The van der Waals surface area contributed by atoms with Gasteiger partial charge in [-0.15, -0.1) is 0 Å². The van der Waals surface area contributed by atoms with Gasteiger partial charge in [0.25, 0.3) is 5.91 Å². The van der Waals surface area contributed by atoms with Crippen LogP contribution in [0.5, 0.6) is 0 Å². The molecule has 172 valence electrons. The van der Waals surface area contributed by atoms with Crippen LogP contribution in [0.15, 0.2) is 36.5 Å². The molecule has 3 fully saturated rings. The van der Waals surface area contributed by atoms with Crippen molar-refractivity contribution in [1.82, 2.24) is 15.2 Å². The number of aromatic nitrogens is 1. The molecule has 2 unspecified atom stereocenters. The Bertz CT molecular complexity index is 1070. The molecule has 2 saturated carbocycles. The highest BCUT2D eigenvalue weighted by molar-refractivity contribution is 5.99. The molecule has 1 amide bonds. The van der Waals surface area contributed by atoms with Crippen molar-refractivity contribution in [3.05, 3.63) is 47.7 Å². The van der Waals surface area contributed by atoms with Crippen LogP contribution in [-0.4, -0.2) is 52.7 Å². The summed E-state index contributed by atoms with van der Waals surface area (Å²) in [6, 6.07) is 12.7. The number of pyridine rings is 1. The van der Waals surface area contributed by atoms with E-state index in [1.54, 1.807) is 6.20 Å². The molecule has 33 heavy (non-hydrogen) atoms. The summed E-state index contributed by atoms with van der Waals surface area (Å²) in [6.07, 6.45) is 6.25. The van der Waals surface area contributed by atoms with Crippen molar-refractivity contribution in [2.45, 2.75) is 56.1 Å². The highest BCUT2D eigenvalue weighted by Gasteiger charge is 2.60. The standard InChI is InChI=1S/C26H31N5O2/c27-10-1-11-31-15-20-13-26(20,16-31)19-4-2-17(3-5-19)18-12-23(24(28)29-14-18)25(33)30-21-6-8-22(32)9-7-21/h2-5,12,14,20-22,32H,1,6-9,11,13,15-16H2,(H2,28,29)(H,30,33). The number of nitrogens with zero attached hydrogens (tertiary/aromatic N) is 3. The predicted octanol–water partition coefficient (Wildman–Crippen LogP) is 2.85. The fraction of sp³-hybridized carbons (Fsp3) is 0.500. The zero-order chi connectivity index (χ0) is 23.0. The Hall–Kier alpha value is -2.95. The van der Waals surface area contributed by atoms with Gasteiger partial charge in [-0.2, -0.15) is 5.26 Å². The summed E-state index contributed by atoms with van der Waals surface area (Å²) < 4.78 is 0. The molecule has 4 N–H and O–H groups in total. The SMILES string of the molecule is N#CCCN1CC2CC2(c2ccc(-c3cnc(N)c(C(=O)NC4CCC(O)CC4)c3)cc2)C1. The number of rotatable bonds is 6. The van der Waals surface area contributed by atoms with Gasteiger partial charge in [0.1, 0.15) is 5.82 Å². The van der Waals surface area contributed by atoms with Crippen LogP contribution < -0.4 is 11.1 Å². The third kappa shape index (κ3) is 4.33. The van der Waals surface area contributed by atoms with Gasteiger partial charge in [0.2, 0.25) is 0 Å². The second-order valence-electron chi connectivity index (χ2n) is 9.91. The molecular weight excluding hydrogens is 414 g/mol. The number of aliphatic hydroxyl groups excluding tert-OH is 1. The molecule has 2 aromatic rings. The van der Waals surface area contributed by atoms with Crippen LogP contribution in [0, 0.1) is 17.2 Å². The molecule has 0 radical (unpaired) electrons. The molecule has 1 aromatic carbocycles. The monoisotopic (exact) mass is 445 g/mol. The van der Waals surface area contributed by atoms with Gasteiger partial charge in [0.15, 0.2) is 0 Å². The number of hydrogen-bond acceptors (Lipinski definition) is 6. The van der Waals surface area contributed by atoms with Crippen LogP contribution in [0.25, 0.3) is 11.1 Å². The van der Waals surface area contributed by atoms with Crippen LogP contribution in [0.1, 0.15) is 54.4 Å². The van der Waals surface area contributed by atoms with E-state index >= 15 is 0 Å². The lowest BCUT2D eigenvalue weighted by atomic mass is 9.92. The van der Waals surface area contributed by atoms with E-state index in [0.29, 0.717) is 30.7 Å². The van der Waals surface area contributed by atoms with E-state index in [-0.39, 0.29) is 29.3 Å². The third-order valence-corrected chi connectivity index (χ3v) is 7.74. The number of piperidine rings is 1. The number of benzene rings is 1. The predicted molar refractivity (Wildman–Crippen MR) is 126 cm³/mol. The minimum Gasteiger partial charge on any atom is -0.393 e. The average molecular weight is 446 g/mol. The number of nitrogens with two attached hydrogens (primary N) is 1. The minimum absolute atomic E-state index is 0.0631. The van der Waals surface area contributed by atoms with E-state index < -0.39 is 0 Å². The normalized spacial score (nSPS) is 28.7. The van der Waals surface area contributed by atoms with Crippen molar-refractivity contribution >= 4 is 11.7 Å². The van der Waals surface area contributed by atoms with Gasteiger partial charge in [0, 0.05) is 49.3 Å². The number of amides is 1. The molecular formula is C26H31N5O2. The fourth-order valence-corrected chi connectivity index (χ4v) is 5.71. The first-order valence-corrected chi connectivity index (χ1v) is 11.9. The molecule has 7 heteroatoms. The largest absolute Gasteiger partial charge is 0.393 e. The molecule has 1 saturated heterocycles. The van der Waals surface area contributed by atoms with Gasteiger partial charge >= 0.3 is 0 Å². The Morgan fingerprint density at radius 2 is 2.00 bits per heavy atom. The molecule has 0 spiro atoms. The van der Waals surface area contributed by atoms with Gasteiger partial charge in [-0.3, -0.25) is 4.79 Å². The summed E-state index contributed by atoms with van der Waals surface area (Å²) in [5, 5.41) is 21.6. The number of anilines is 1. The van der Waals surface area contributed by atoms with Crippen LogP contribution in [-0.2, 0) is 5.41 Å². The first-order chi connectivity index (χ1) is 16.0. The molecule has 7 nitrogen and oxygen atoms in total. The molecule has 5 rings (SSSR count). The molecule has 3 aliphatic rings. The van der Waals surface area contributed by atoms with E-state index in [1.807, 2.05) is 6.07 Å². The summed E-state index contributed by atoms with van der Waals surface area (Å²) in [7, 11) is 0. The van der Waals surface area contributed by atoms with Gasteiger partial charge in [-0.25, -0.2) is 4.98 Å². The molecule has 2 aliphatic carbocycles. The van der Waals surface area contributed by atoms with E-state index in [4.69, 9.17) is 11.0 Å². The zero-order valence-corrected chi connectivity index (χ0v) is 18.8. The first-order valence-electron chi connectivity index (χ1n) is 11.9. The number of carbonyl (C=O) groups excluding carboxylic acids is 1. The van der Waals surface area contributed by atoms with Crippen molar-refractivity contribution in [2.75, 3.05) is 25.4 Å². The van der Waals surface area contributed by atoms with Crippen molar-refractivity contribution in [3.63, 3.8) is 0 Å². The van der Waals surface area contributed by atoms with E-state index in [1.165, 1.54) is 12.0 Å². The molecule has 0 bridgehead atoms. The Kier molecular flexibility index (Phi) is 5.81. The number of likely N-dealkylation sites (tertiary alicyclic amines) is 1. The maximum absolute atomic E-state index is 12.9. The number of nitriles is 1. The lowest BCUT2D eigenvalue weighted by Gasteiger charge is -2.26. The zero-order valence-electron chi connectivity index (χ0n) is 18.8. The molecule has 2 heterocycles. The highest BCUT2D eigenvalue weighted by atomic mass is 16.3. The molecule has 1 aromatic heterocycles. The lowest BCUT2D eigenvalue weighted by Crippen LogP contribution is -2.38. The van der Waals surface area contributed by atoms with Gasteiger partial charge in [-0.1, -0.05) is 24.3 Å². The Morgan fingerprint density at radius 1 is 1.24 bits per heavy atom. The second-order valence-corrected chi connectivity index (χ2v) is 9.91. The molecule has 1 aliphatic heterocycles. The van der Waals surface area contributed by atoms with Crippen LogP contribution in [0.2, 0.25) is 0 Å². The third-order valence-electron chi connectivity index (χ3n) is 7.74. The minimum atomic E-state index is -0.258. The Labute approximate surface area is 194 Å².